The van der Waals surface area contributed by atoms with Crippen molar-refractivity contribution in [1.82, 2.24) is 0 Å². The molecule has 2 aromatic carbocycles. The van der Waals surface area contributed by atoms with Crippen LogP contribution in [0.25, 0.3) is 6.08 Å². The number of methoxy groups -OCH3 is 1. The van der Waals surface area contributed by atoms with E-state index in [1.807, 2.05) is 6.07 Å². The van der Waals surface area contributed by atoms with Crippen molar-refractivity contribution in [2.45, 2.75) is 6.61 Å². The van der Waals surface area contributed by atoms with Crippen LogP contribution in [-0.4, -0.2) is 12.4 Å². The van der Waals surface area contributed by atoms with E-state index in [0.29, 0.717) is 28.2 Å². The lowest BCUT2D eigenvalue weighted by atomic mass is 10.2. The van der Waals surface area contributed by atoms with Gasteiger partial charge in [0.2, 0.25) is 5.24 Å². The Morgan fingerprint density at radius 1 is 1.09 bits per heavy atom. The molecule has 2 rings (SSSR count). The van der Waals surface area contributed by atoms with Crippen molar-refractivity contribution in [2.75, 3.05) is 7.11 Å². The Morgan fingerprint density at radius 3 is 2.52 bits per heavy atom. The van der Waals surface area contributed by atoms with Gasteiger partial charge in [-0.3, -0.25) is 4.79 Å². The van der Waals surface area contributed by atoms with Gasteiger partial charge in [0.15, 0.2) is 11.5 Å². The van der Waals surface area contributed by atoms with Gasteiger partial charge in [-0.05, 0) is 53.1 Å². The summed E-state index contributed by atoms with van der Waals surface area (Å²) in [5, 5.41) is 0.438. The van der Waals surface area contributed by atoms with E-state index < -0.39 is 5.24 Å². The quantitative estimate of drug-likeness (QED) is 0.506. The van der Waals surface area contributed by atoms with Crippen molar-refractivity contribution in [3.05, 3.63) is 63.6 Å². The van der Waals surface area contributed by atoms with Crippen LogP contribution in [0.2, 0.25) is 10.0 Å². The normalized spacial score (nSPS) is 10.8. The molecule has 0 fully saturated rings. The number of halogens is 3. The van der Waals surface area contributed by atoms with Crippen LogP contribution in [0, 0.1) is 0 Å². The lowest BCUT2D eigenvalue weighted by Gasteiger charge is -2.12. The highest BCUT2D eigenvalue weighted by molar-refractivity contribution is 6.66. The summed E-state index contributed by atoms with van der Waals surface area (Å²) in [5.74, 6) is 1.13. The monoisotopic (exact) mass is 370 g/mol. The first-order chi connectivity index (χ1) is 11.0. The molecule has 3 nitrogen and oxygen atoms in total. The second-order valence-electron chi connectivity index (χ2n) is 4.58. The molecule has 0 atom stereocenters. The summed E-state index contributed by atoms with van der Waals surface area (Å²) in [6, 6.07) is 10.6. The number of hydrogen-bond acceptors (Lipinski definition) is 3. The Labute approximate surface area is 149 Å². The van der Waals surface area contributed by atoms with E-state index in [1.165, 1.54) is 6.08 Å². The fourth-order valence-corrected chi connectivity index (χ4v) is 2.24. The third-order valence-corrected chi connectivity index (χ3v) is 3.84. The lowest BCUT2D eigenvalue weighted by molar-refractivity contribution is -0.107. The highest BCUT2D eigenvalue weighted by atomic mass is 35.5. The second-order valence-corrected chi connectivity index (χ2v) is 5.77. The number of carbonyl (C=O) groups is 1. The van der Waals surface area contributed by atoms with Gasteiger partial charge < -0.3 is 9.47 Å². The zero-order valence-electron chi connectivity index (χ0n) is 12.2. The van der Waals surface area contributed by atoms with Crippen LogP contribution >= 0.6 is 34.8 Å². The molecule has 120 valence electrons. The highest BCUT2D eigenvalue weighted by Crippen LogP contribution is 2.30. The van der Waals surface area contributed by atoms with Gasteiger partial charge >= 0.3 is 0 Å². The minimum atomic E-state index is -0.538. The summed E-state index contributed by atoms with van der Waals surface area (Å²) in [6.07, 6.45) is 2.87. The number of rotatable bonds is 6. The summed E-state index contributed by atoms with van der Waals surface area (Å²) >= 11 is 17.1. The third kappa shape index (κ3) is 5.17. The Bertz CT molecular complexity index is 742. The van der Waals surface area contributed by atoms with Crippen LogP contribution in [0.4, 0.5) is 0 Å². The minimum Gasteiger partial charge on any atom is -0.493 e. The molecule has 6 heteroatoms. The van der Waals surface area contributed by atoms with E-state index in [2.05, 4.69) is 0 Å². The fourth-order valence-electron chi connectivity index (χ4n) is 1.86. The Balaban J connectivity index is 2.12. The van der Waals surface area contributed by atoms with Crippen molar-refractivity contribution in [2.24, 2.45) is 0 Å². The highest BCUT2D eigenvalue weighted by Gasteiger charge is 2.06. The van der Waals surface area contributed by atoms with Crippen LogP contribution in [0.5, 0.6) is 11.5 Å². The second kappa shape index (κ2) is 8.25. The van der Waals surface area contributed by atoms with E-state index in [9.17, 15) is 4.79 Å². The van der Waals surface area contributed by atoms with Gasteiger partial charge in [0, 0.05) is 0 Å². The first-order valence-corrected chi connectivity index (χ1v) is 7.75. The first kappa shape index (κ1) is 17.7. The van der Waals surface area contributed by atoms with Gasteiger partial charge in [0.25, 0.3) is 0 Å². The maximum Gasteiger partial charge on any atom is 0.245 e. The van der Waals surface area contributed by atoms with Gasteiger partial charge in [-0.2, -0.15) is 0 Å². The molecule has 0 radical (unpaired) electrons. The Morgan fingerprint density at radius 2 is 1.87 bits per heavy atom. The largest absolute Gasteiger partial charge is 0.493 e. The van der Waals surface area contributed by atoms with E-state index in [1.54, 1.807) is 43.5 Å². The van der Waals surface area contributed by atoms with Crippen LogP contribution < -0.4 is 9.47 Å². The smallest absolute Gasteiger partial charge is 0.245 e. The van der Waals surface area contributed by atoms with E-state index in [0.717, 1.165) is 11.1 Å². The van der Waals surface area contributed by atoms with Gasteiger partial charge in [-0.25, -0.2) is 0 Å². The van der Waals surface area contributed by atoms with Gasteiger partial charge in [0.1, 0.15) is 6.61 Å². The molecule has 0 spiro atoms. The van der Waals surface area contributed by atoms with Crippen LogP contribution in [-0.2, 0) is 11.4 Å². The van der Waals surface area contributed by atoms with Crippen molar-refractivity contribution >= 4 is 46.1 Å². The fraction of sp³-hybridized carbons (Fsp3) is 0.118. The van der Waals surface area contributed by atoms with Crippen LogP contribution in [0.15, 0.2) is 42.5 Å². The van der Waals surface area contributed by atoms with Crippen molar-refractivity contribution in [1.29, 1.82) is 0 Å². The molecular formula is C17H13Cl3O3. The van der Waals surface area contributed by atoms with E-state index in [4.69, 9.17) is 44.3 Å². The van der Waals surface area contributed by atoms with Crippen molar-refractivity contribution in [3.8, 4) is 11.5 Å². The molecule has 0 aliphatic rings. The number of allylic oxidation sites excluding steroid dienone is 1. The molecule has 0 unspecified atom stereocenters. The number of benzene rings is 2. The summed E-state index contributed by atoms with van der Waals surface area (Å²) in [6.45, 7) is 0.322. The topological polar surface area (TPSA) is 35.5 Å². The molecule has 23 heavy (non-hydrogen) atoms. The Kier molecular flexibility index (Phi) is 6.34. The van der Waals surface area contributed by atoms with Gasteiger partial charge in [-0.15, -0.1) is 0 Å². The molecule has 0 bridgehead atoms. The number of hydrogen-bond donors (Lipinski definition) is 0. The number of ether oxygens (including phenoxy) is 2. The average molecular weight is 372 g/mol. The SMILES string of the molecule is COc1cc(/C=C/C(=O)Cl)ccc1OCc1ccc(Cl)c(Cl)c1. The average Bonchev–Trinajstić information content (AvgIpc) is 2.54. The minimum absolute atomic E-state index is 0.322. The lowest BCUT2D eigenvalue weighted by Crippen LogP contribution is -1.98. The predicted molar refractivity (Wildman–Crippen MR) is 93.7 cm³/mol. The van der Waals surface area contributed by atoms with Crippen LogP contribution in [0.3, 0.4) is 0 Å². The van der Waals surface area contributed by atoms with E-state index >= 15 is 0 Å². The maximum absolute atomic E-state index is 10.8. The standard InChI is InChI=1S/C17H13Cl3O3/c1-22-16-9-11(4-7-17(20)21)3-6-15(16)23-10-12-2-5-13(18)14(19)8-12/h2-9H,10H2,1H3/b7-4+. The molecule has 0 N–H and O–H groups in total. The third-order valence-electron chi connectivity index (χ3n) is 2.97. The zero-order valence-corrected chi connectivity index (χ0v) is 14.5. The molecule has 0 aliphatic carbocycles. The molecule has 0 aromatic heterocycles. The van der Waals surface area contributed by atoms with Gasteiger partial charge in [0.05, 0.1) is 17.2 Å². The summed E-state index contributed by atoms with van der Waals surface area (Å²) in [7, 11) is 1.54. The summed E-state index contributed by atoms with van der Waals surface area (Å²) < 4.78 is 11.0. The molecule has 0 aliphatic heterocycles. The Hall–Kier alpha value is -1.68. The molecule has 0 saturated heterocycles. The predicted octanol–water partition coefficient (Wildman–Crippen LogP) is 5.36. The molecule has 0 amide bonds. The summed E-state index contributed by atoms with van der Waals surface area (Å²) in [5.41, 5.74) is 1.66. The first-order valence-electron chi connectivity index (χ1n) is 6.62. The van der Waals surface area contributed by atoms with E-state index in [-0.39, 0.29) is 0 Å². The van der Waals surface area contributed by atoms with Gasteiger partial charge in [-0.1, -0.05) is 41.4 Å². The van der Waals surface area contributed by atoms with Crippen LogP contribution in [0.1, 0.15) is 11.1 Å². The molecule has 0 saturated carbocycles. The zero-order chi connectivity index (χ0) is 16.8. The molecule has 0 heterocycles. The maximum atomic E-state index is 10.8. The molecule has 2 aromatic rings. The number of carbonyl (C=O) groups excluding carboxylic acids is 1. The van der Waals surface area contributed by atoms with Crippen molar-refractivity contribution in [3.63, 3.8) is 0 Å². The summed E-state index contributed by atoms with van der Waals surface area (Å²) in [4.78, 5) is 10.8. The molecular weight excluding hydrogens is 359 g/mol. The van der Waals surface area contributed by atoms with Crippen molar-refractivity contribution < 1.29 is 14.3 Å².